The molecule has 142 valence electrons. The van der Waals surface area contributed by atoms with E-state index in [1.807, 2.05) is 35.4 Å². The number of hydrogen-bond acceptors (Lipinski definition) is 4. The number of pyridine rings is 1. The number of benzene rings is 1. The molecule has 2 aliphatic rings. The van der Waals surface area contributed by atoms with Gasteiger partial charge in [0.1, 0.15) is 5.82 Å². The zero-order chi connectivity index (χ0) is 18.5. The van der Waals surface area contributed by atoms with Crippen LogP contribution in [0, 0.1) is 0 Å². The summed E-state index contributed by atoms with van der Waals surface area (Å²) < 4.78 is 0. The number of aromatic nitrogens is 1. The Morgan fingerprint density at radius 1 is 0.889 bits per heavy atom. The molecule has 1 aromatic heterocycles. The second-order valence-electron chi connectivity index (χ2n) is 7.50. The fourth-order valence-corrected chi connectivity index (χ4v) is 4.02. The van der Waals surface area contributed by atoms with Crippen molar-refractivity contribution in [2.75, 3.05) is 44.2 Å². The lowest BCUT2D eigenvalue weighted by Crippen LogP contribution is -2.46. The molecule has 0 saturated carbocycles. The fourth-order valence-electron chi connectivity index (χ4n) is 4.02. The third kappa shape index (κ3) is 4.48. The van der Waals surface area contributed by atoms with Crippen LogP contribution in [-0.2, 0) is 6.54 Å². The van der Waals surface area contributed by atoms with Gasteiger partial charge in [-0.3, -0.25) is 9.69 Å². The zero-order valence-electron chi connectivity index (χ0n) is 15.9. The Balaban J connectivity index is 1.34. The lowest BCUT2D eigenvalue weighted by Gasteiger charge is -2.35. The van der Waals surface area contributed by atoms with Crippen LogP contribution in [-0.4, -0.2) is 60.0 Å². The molecule has 4 rings (SSSR count). The molecule has 0 aliphatic carbocycles. The highest BCUT2D eigenvalue weighted by atomic mass is 16.2. The molecule has 0 N–H and O–H groups in total. The highest BCUT2D eigenvalue weighted by molar-refractivity contribution is 5.94. The monoisotopic (exact) mass is 364 g/mol. The Labute approximate surface area is 161 Å². The molecule has 2 fully saturated rings. The number of anilines is 1. The van der Waals surface area contributed by atoms with Crippen molar-refractivity contribution in [1.82, 2.24) is 14.8 Å². The summed E-state index contributed by atoms with van der Waals surface area (Å²) in [5, 5.41) is 0. The third-order valence-corrected chi connectivity index (χ3v) is 5.57. The minimum atomic E-state index is 0.191. The van der Waals surface area contributed by atoms with E-state index in [1.165, 1.54) is 12.0 Å². The first kappa shape index (κ1) is 18.0. The number of carbonyl (C=O) groups is 1. The Hall–Kier alpha value is -2.40. The van der Waals surface area contributed by atoms with Gasteiger partial charge in [-0.25, -0.2) is 4.98 Å². The highest BCUT2D eigenvalue weighted by Gasteiger charge is 2.20. The molecule has 2 saturated heterocycles. The third-order valence-electron chi connectivity index (χ3n) is 5.57. The summed E-state index contributed by atoms with van der Waals surface area (Å²) in [6, 6.07) is 14.3. The maximum atomic E-state index is 12.7. The van der Waals surface area contributed by atoms with E-state index in [4.69, 9.17) is 0 Å². The van der Waals surface area contributed by atoms with Crippen molar-refractivity contribution in [3.63, 3.8) is 0 Å². The SMILES string of the molecule is O=C(c1cccc(CN2CCN(c3ccccn3)CC2)c1)N1CCCCC1. The van der Waals surface area contributed by atoms with E-state index in [-0.39, 0.29) is 5.91 Å². The number of piperazine rings is 1. The number of piperidine rings is 1. The van der Waals surface area contributed by atoms with Crippen LogP contribution in [0.1, 0.15) is 35.2 Å². The van der Waals surface area contributed by atoms with Gasteiger partial charge in [0.15, 0.2) is 0 Å². The minimum Gasteiger partial charge on any atom is -0.354 e. The van der Waals surface area contributed by atoms with E-state index in [0.717, 1.165) is 70.0 Å². The van der Waals surface area contributed by atoms with Crippen molar-refractivity contribution in [2.45, 2.75) is 25.8 Å². The number of hydrogen-bond donors (Lipinski definition) is 0. The van der Waals surface area contributed by atoms with Gasteiger partial charge in [0.05, 0.1) is 0 Å². The van der Waals surface area contributed by atoms with Crippen molar-refractivity contribution >= 4 is 11.7 Å². The van der Waals surface area contributed by atoms with E-state index in [9.17, 15) is 4.79 Å². The molecule has 2 aromatic rings. The van der Waals surface area contributed by atoms with Gasteiger partial charge in [-0.05, 0) is 49.1 Å². The number of carbonyl (C=O) groups excluding carboxylic acids is 1. The molecule has 3 heterocycles. The van der Waals surface area contributed by atoms with Gasteiger partial charge >= 0.3 is 0 Å². The van der Waals surface area contributed by atoms with Gasteiger partial charge in [0, 0.05) is 57.6 Å². The standard InChI is InChI=1S/C22H28N4O/c27-22(26-11-4-1-5-12-26)20-8-6-7-19(17-20)18-24-13-15-25(16-14-24)21-9-2-3-10-23-21/h2-3,6-10,17H,1,4-5,11-16,18H2. The first-order chi connectivity index (χ1) is 13.3. The summed E-state index contributed by atoms with van der Waals surface area (Å²) in [5.41, 5.74) is 2.06. The maximum absolute atomic E-state index is 12.7. The molecule has 5 nitrogen and oxygen atoms in total. The first-order valence-corrected chi connectivity index (χ1v) is 10.1. The summed E-state index contributed by atoms with van der Waals surface area (Å²) in [4.78, 5) is 24.0. The van der Waals surface area contributed by atoms with E-state index < -0.39 is 0 Å². The van der Waals surface area contributed by atoms with Crippen LogP contribution in [0.3, 0.4) is 0 Å². The lowest BCUT2D eigenvalue weighted by atomic mass is 10.1. The molecule has 2 aliphatic heterocycles. The summed E-state index contributed by atoms with van der Waals surface area (Å²) in [6.07, 6.45) is 5.36. The van der Waals surface area contributed by atoms with E-state index in [1.54, 1.807) is 0 Å². The molecule has 1 aromatic carbocycles. The highest BCUT2D eigenvalue weighted by Crippen LogP contribution is 2.17. The largest absolute Gasteiger partial charge is 0.354 e. The molecule has 27 heavy (non-hydrogen) atoms. The van der Waals surface area contributed by atoms with Gasteiger partial charge in [-0.15, -0.1) is 0 Å². The van der Waals surface area contributed by atoms with Gasteiger partial charge in [-0.1, -0.05) is 18.2 Å². The van der Waals surface area contributed by atoms with Crippen LogP contribution in [0.4, 0.5) is 5.82 Å². The Morgan fingerprint density at radius 3 is 2.44 bits per heavy atom. The van der Waals surface area contributed by atoms with Crippen molar-refractivity contribution in [1.29, 1.82) is 0 Å². The number of likely N-dealkylation sites (tertiary alicyclic amines) is 1. The molecule has 0 bridgehead atoms. The normalized spacial score (nSPS) is 18.5. The quantitative estimate of drug-likeness (QED) is 0.836. The summed E-state index contributed by atoms with van der Waals surface area (Å²) in [6.45, 7) is 6.71. The number of rotatable bonds is 4. The van der Waals surface area contributed by atoms with Gasteiger partial charge in [-0.2, -0.15) is 0 Å². The molecule has 0 spiro atoms. The molecule has 0 unspecified atom stereocenters. The van der Waals surface area contributed by atoms with E-state index in [2.05, 4.69) is 33.0 Å². The van der Waals surface area contributed by atoms with Crippen molar-refractivity contribution in [2.24, 2.45) is 0 Å². The van der Waals surface area contributed by atoms with Crippen molar-refractivity contribution in [3.05, 3.63) is 59.8 Å². The molecule has 1 amide bonds. The van der Waals surface area contributed by atoms with Crippen LogP contribution in [0.25, 0.3) is 0 Å². The number of amides is 1. The van der Waals surface area contributed by atoms with E-state index >= 15 is 0 Å². The van der Waals surface area contributed by atoms with E-state index in [0.29, 0.717) is 0 Å². The predicted molar refractivity (Wildman–Crippen MR) is 108 cm³/mol. The zero-order valence-corrected chi connectivity index (χ0v) is 15.9. The van der Waals surface area contributed by atoms with Crippen LogP contribution >= 0.6 is 0 Å². The summed E-state index contributed by atoms with van der Waals surface area (Å²) >= 11 is 0. The second kappa shape index (κ2) is 8.53. The maximum Gasteiger partial charge on any atom is 0.253 e. The van der Waals surface area contributed by atoms with Gasteiger partial charge < -0.3 is 9.80 Å². The molecule has 0 atom stereocenters. The summed E-state index contributed by atoms with van der Waals surface area (Å²) in [7, 11) is 0. The predicted octanol–water partition coefficient (Wildman–Crippen LogP) is 3.03. The van der Waals surface area contributed by atoms with Crippen molar-refractivity contribution in [3.8, 4) is 0 Å². The van der Waals surface area contributed by atoms with Gasteiger partial charge in [0.2, 0.25) is 0 Å². The number of nitrogens with zero attached hydrogens (tertiary/aromatic N) is 4. The average molecular weight is 364 g/mol. The fraction of sp³-hybridized carbons (Fsp3) is 0.455. The Morgan fingerprint density at radius 2 is 1.70 bits per heavy atom. The Kier molecular flexibility index (Phi) is 5.68. The van der Waals surface area contributed by atoms with Crippen LogP contribution < -0.4 is 4.90 Å². The molecular weight excluding hydrogens is 336 g/mol. The smallest absolute Gasteiger partial charge is 0.253 e. The van der Waals surface area contributed by atoms with Crippen molar-refractivity contribution < 1.29 is 4.79 Å². The average Bonchev–Trinajstić information content (AvgIpc) is 2.75. The van der Waals surface area contributed by atoms with Crippen LogP contribution in [0.15, 0.2) is 48.7 Å². The Bertz CT molecular complexity index is 750. The topological polar surface area (TPSA) is 39.7 Å². The molecule has 5 heteroatoms. The summed E-state index contributed by atoms with van der Waals surface area (Å²) in [5.74, 6) is 1.25. The molecule has 0 radical (unpaired) electrons. The molecular formula is C22H28N4O. The second-order valence-corrected chi connectivity index (χ2v) is 7.50. The first-order valence-electron chi connectivity index (χ1n) is 10.1. The lowest BCUT2D eigenvalue weighted by molar-refractivity contribution is 0.0724. The van der Waals surface area contributed by atoms with Gasteiger partial charge in [0.25, 0.3) is 5.91 Å². The van der Waals surface area contributed by atoms with Crippen LogP contribution in [0.2, 0.25) is 0 Å². The van der Waals surface area contributed by atoms with Crippen LogP contribution in [0.5, 0.6) is 0 Å². The minimum absolute atomic E-state index is 0.191.